The summed E-state index contributed by atoms with van der Waals surface area (Å²) in [5.41, 5.74) is 0. The highest BCUT2D eigenvalue weighted by Gasteiger charge is 1.82. The second kappa shape index (κ2) is 4.17. The van der Waals surface area contributed by atoms with Gasteiger partial charge in [0.2, 0.25) is 0 Å². The van der Waals surface area contributed by atoms with Crippen molar-refractivity contribution in [3.8, 4) is 0 Å². The minimum atomic E-state index is 0.653. The third-order valence-electron chi connectivity index (χ3n) is 1.05. The second-order valence-electron chi connectivity index (χ2n) is 2.25. The molecule has 0 spiro atoms. The van der Waals surface area contributed by atoms with E-state index in [-0.39, 0.29) is 0 Å². The predicted molar refractivity (Wildman–Crippen MR) is 34.0 cm³/mol. The third-order valence-corrected chi connectivity index (χ3v) is 1.05. The molecule has 1 atom stereocenters. The average molecular weight is 99.2 g/mol. The highest BCUT2D eigenvalue weighted by Crippen LogP contribution is 2.03. The molecule has 0 saturated heterocycles. The summed E-state index contributed by atoms with van der Waals surface area (Å²) >= 11 is 0. The van der Waals surface area contributed by atoms with Crippen molar-refractivity contribution in [1.82, 2.24) is 0 Å². The van der Waals surface area contributed by atoms with Crippen molar-refractivity contribution in [1.29, 1.82) is 0 Å². The summed E-state index contributed by atoms with van der Waals surface area (Å²) in [5, 5.41) is 0. The first kappa shape index (κ1) is 7.00. The lowest BCUT2D eigenvalue weighted by atomic mass is 10.1. The van der Waals surface area contributed by atoms with Gasteiger partial charge in [-0.25, -0.2) is 0 Å². The van der Waals surface area contributed by atoms with E-state index in [1.807, 2.05) is 0 Å². The molecule has 1 unspecified atom stereocenters. The zero-order chi connectivity index (χ0) is 5.70. The summed E-state index contributed by atoms with van der Waals surface area (Å²) < 4.78 is 0. The SMILES string of the molecule is [CH2-]C(C)CCCC. The molecule has 0 saturated carbocycles. The Kier molecular flexibility index (Phi) is 4.17. The van der Waals surface area contributed by atoms with Gasteiger partial charge in [0, 0.05) is 0 Å². The number of hydrogen-bond donors (Lipinski definition) is 0. The monoisotopic (exact) mass is 99.1 g/mol. The fraction of sp³-hybridized carbons (Fsp3) is 0.857. The smallest absolute Gasteiger partial charge is 0.0558 e. The van der Waals surface area contributed by atoms with E-state index in [2.05, 4.69) is 20.8 Å². The Morgan fingerprint density at radius 1 is 1.57 bits per heavy atom. The quantitative estimate of drug-likeness (QED) is 0.477. The standard InChI is InChI=1S/C7H15/c1-4-5-6-7(2)3/h7H,2,4-6H2,1,3H3/q-1. The Morgan fingerprint density at radius 3 is 2.29 bits per heavy atom. The average Bonchev–Trinajstić information content (AvgIpc) is 1.61. The Bertz CT molecular complexity index is 29.0. The van der Waals surface area contributed by atoms with Gasteiger partial charge in [-0.15, -0.1) is 0 Å². The topological polar surface area (TPSA) is 0 Å². The summed E-state index contributed by atoms with van der Waals surface area (Å²) in [6.07, 6.45) is 3.93. The molecule has 0 N–H and O–H groups in total. The molecule has 0 nitrogen and oxygen atoms in total. The summed E-state index contributed by atoms with van der Waals surface area (Å²) in [6.45, 7) is 8.25. The van der Waals surface area contributed by atoms with E-state index in [0.717, 1.165) is 0 Å². The lowest BCUT2D eigenvalue weighted by Gasteiger charge is -2.06. The van der Waals surface area contributed by atoms with Crippen molar-refractivity contribution < 1.29 is 0 Å². The van der Waals surface area contributed by atoms with Gasteiger partial charge < -0.3 is 6.92 Å². The molecule has 44 valence electrons. The molecule has 0 aromatic heterocycles. The van der Waals surface area contributed by atoms with Crippen LogP contribution in [-0.2, 0) is 0 Å². The van der Waals surface area contributed by atoms with Gasteiger partial charge in [0.15, 0.2) is 0 Å². The maximum Gasteiger partial charge on any atom is -0.0558 e. The zero-order valence-electron chi connectivity index (χ0n) is 5.41. The Morgan fingerprint density at radius 2 is 2.14 bits per heavy atom. The van der Waals surface area contributed by atoms with Crippen LogP contribution < -0.4 is 0 Å². The normalized spacial score (nSPS) is 14.1. The van der Waals surface area contributed by atoms with Gasteiger partial charge in [-0.1, -0.05) is 33.1 Å². The van der Waals surface area contributed by atoms with Crippen LogP contribution in [0.2, 0.25) is 0 Å². The van der Waals surface area contributed by atoms with Crippen LogP contribution in [0.15, 0.2) is 0 Å². The van der Waals surface area contributed by atoms with E-state index >= 15 is 0 Å². The van der Waals surface area contributed by atoms with Gasteiger partial charge in [-0.2, -0.15) is 5.92 Å². The lowest BCUT2D eigenvalue weighted by Crippen LogP contribution is -1.84. The van der Waals surface area contributed by atoms with Crippen molar-refractivity contribution in [3.63, 3.8) is 0 Å². The molecule has 0 rings (SSSR count). The number of unbranched alkanes of at least 4 members (excludes halogenated alkanes) is 1. The first-order valence-electron chi connectivity index (χ1n) is 3.10. The van der Waals surface area contributed by atoms with E-state index in [4.69, 9.17) is 0 Å². The largest absolute Gasteiger partial charge is 0.341 e. The molecule has 0 heteroatoms. The van der Waals surface area contributed by atoms with E-state index < -0.39 is 0 Å². The van der Waals surface area contributed by atoms with E-state index in [0.29, 0.717) is 5.92 Å². The highest BCUT2D eigenvalue weighted by atomic mass is 13.9. The van der Waals surface area contributed by atoms with Gasteiger partial charge in [-0.05, 0) is 0 Å². The van der Waals surface area contributed by atoms with Crippen molar-refractivity contribution in [2.24, 2.45) is 5.92 Å². The maximum atomic E-state index is 3.88. The van der Waals surface area contributed by atoms with Gasteiger partial charge >= 0.3 is 0 Å². The molecule has 0 aliphatic heterocycles. The fourth-order valence-corrected chi connectivity index (χ4v) is 0.553. The molecular formula is C7H15-. The van der Waals surface area contributed by atoms with Crippen LogP contribution in [0.4, 0.5) is 0 Å². The summed E-state index contributed by atoms with van der Waals surface area (Å²) in [7, 11) is 0. The van der Waals surface area contributed by atoms with Gasteiger partial charge in [0.1, 0.15) is 0 Å². The third kappa shape index (κ3) is 6.00. The molecule has 0 fully saturated rings. The minimum Gasteiger partial charge on any atom is -0.341 e. The first-order valence-corrected chi connectivity index (χ1v) is 3.10. The second-order valence-corrected chi connectivity index (χ2v) is 2.25. The van der Waals surface area contributed by atoms with Crippen molar-refractivity contribution in [2.45, 2.75) is 33.1 Å². The zero-order valence-corrected chi connectivity index (χ0v) is 5.41. The lowest BCUT2D eigenvalue weighted by molar-refractivity contribution is 0.595. The number of rotatable bonds is 3. The molecule has 0 bridgehead atoms. The molecule has 0 radical (unpaired) electrons. The van der Waals surface area contributed by atoms with Crippen molar-refractivity contribution in [3.05, 3.63) is 6.92 Å². The Labute approximate surface area is 46.9 Å². The molecule has 0 aliphatic carbocycles. The van der Waals surface area contributed by atoms with Crippen LogP contribution in [-0.4, -0.2) is 0 Å². The summed E-state index contributed by atoms with van der Waals surface area (Å²) in [5.74, 6) is 0.653. The van der Waals surface area contributed by atoms with Crippen LogP contribution >= 0.6 is 0 Å². The molecule has 7 heavy (non-hydrogen) atoms. The fourth-order valence-electron chi connectivity index (χ4n) is 0.553. The molecule has 0 amide bonds. The van der Waals surface area contributed by atoms with E-state index in [1.54, 1.807) is 0 Å². The van der Waals surface area contributed by atoms with Gasteiger partial charge in [-0.3, -0.25) is 0 Å². The van der Waals surface area contributed by atoms with Crippen LogP contribution in [0.3, 0.4) is 0 Å². The summed E-state index contributed by atoms with van der Waals surface area (Å²) in [6, 6.07) is 0. The molecule has 0 aromatic carbocycles. The molecular weight excluding hydrogens is 84.1 g/mol. The minimum absolute atomic E-state index is 0.653. The Hall–Kier alpha value is 0. The van der Waals surface area contributed by atoms with Crippen LogP contribution in [0.5, 0.6) is 0 Å². The first-order chi connectivity index (χ1) is 3.27. The molecule has 0 aromatic rings. The van der Waals surface area contributed by atoms with Crippen LogP contribution in [0.25, 0.3) is 0 Å². The predicted octanol–water partition coefficient (Wildman–Crippen LogP) is 2.65. The number of hydrogen-bond acceptors (Lipinski definition) is 0. The Balaban J connectivity index is 2.68. The van der Waals surface area contributed by atoms with Gasteiger partial charge in [0.25, 0.3) is 0 Å². The van der Waals surface area contributed by atoms with Crippen molar-refractivity contribution in [2.75, 3.05) is 0 Å². The van der Waals surface area contributed by atoms with E-state index in [9.17, 15) is 0 Å². The van der Waals surface area contributed by atoms with Crippen LogP contribution in [0.1, 0.15) is 33.1 Å². The van der Waals surface area contributed by atoms with Crippen LogP contribution in [0, 0.1) is 12.8 Å². The van der Waals surface area contributed by atoms with E-state index in [1.165, 1.54) is 19.3 Å². The maximum absolute atomic E-state index is 3.88. The molecule has 0 aliphatic rings. The molecule has 0 heterocycles. The highest BCUT2D eigenvalue weighted by molar-refractivity contribution is 4.51. The summed E-state index contributed by atoms with van der Waals surface area (Å²) in [4.78, 5) is 0. The van der Waals surface area contributed by atoms with Crippen molar-refractivity contribution >= 4 is 0 Å². The van der Waals surface area contributed by atoms with Gasteiger partial charge in [0.05, 0.1) is 0 Å².